The molecule has 1 aromatic carbocycles. The number of pyridine rings is 1. The maximum Gasteiger partial charge on any atom is 0.233 e. The highest BCUT2D eigenvalue weighted by molar-refractivity contribution is 5.57. The van der Waals surface area contributed by atoms with E-state index in [1.54, 1.807) is 12.1 Å². The number of nitrogens with one attached hydrogen (secondary N) is 2. The lowest BCUT2D eigenvalue weighted by Crippen LogP contribution is -2.46. The fourth-order valence-electron chi connectivity index (χ4n) is 5.09. The van der Waals surface area contributed by atoms with Gasteiger partial charge in [-0.1, -0.05) is 13.0 Å². The Morgan fingerprint density at radius 2 is 1.87 bits per heavy atom. The van der Waals surface area contributed by atoms with Gasteiger partial charge in [0.05, 0.1) is 12.8 Å². The Morgan fingerprint density at radius 1 is 1.03 bits per heavy atom. The Morgan fingerprint density at radius 3 is 2.61 bits per heavy atom. The van der Waals surface area contributed by atoms with E-state index in [0.717, 1.165) is 64.5 Å². The number of methoxy groups -OCH3 is 1. The topological polar surface area (TPSA) is 94.6 Å². The van der Waals surface area contributed by atoms with Crippen LogP contribution in [0.25, 0.3) is 0 Å². The highest BCUT2D eigenvalue weighted by atomic mass is 19.1. The monoisotopic (exact) mass is 521 g/mol. The number of likely N-dealkylation sites (N-methyl/N-ethyl adjacent to an activating group) is 1. The number of piperazine rings is 1. The summed E-state index contributed by atoms with van der Waals surface area (Å²) in [5.74, 6) is 1.24. The van der Waals surface area contributed by atoms with Crippen LogP contribution in [-0.4, -0.2) is 88.7 Å². The summed E-state index contributed by atoms with van der Waals surface area (Å²) in [6.07, 6.45) is 4.20. The smallest absolute Gasteiger partial charge is 0.233 e. The molecule has 0 amide bonds. The molecule has 11 heteroatoms. The molecule has 2 aromatic heterocycles. The molecule has 2 N–H and O–H groups in total. The first kappa shape index (κ1) is 26.1. The Hall–Kier alpha value is -3.57. The van der Waals surface area contributed by atoms with E-state index in [4.69, 9.17) is 14.7 Å². The Labute approximate surface area is 223 Å². The van der Waals surface area contributed by atoms with E-state index in [1.807, 2.05) is 18.3 Å². The van der Waals surface area contributed by atoms with Gasteiger partial charge >= 0.3 is 0 Å². The quantitative estimate of drug-likeness (QED) is 0.414. The number of likely N-dealkylation sites (tertiary alicyclic amines) is 1. The third kappa shape index (κ3) is 6.46. The minimum absolute atomic E-state index is 0.190. The van der Waals surface area contributed by atoms with Gasteiger partial charge in [0, 0.05) is 63.3 Å². The highest BCUT2D eigenvalue weighted by Crippen LogP contribution is 2.24. The summed E-state index contributed by atoms with van der Waals surface area (Å²) in [5, 5.41) is 6.60. The molecule has 38 heavy (non-hydrogen) atoms. The second kappa shape index (κ2) is 12.3. The summed E-state index contributed by atoms with van der Waals surface area (Å²) in [6, 6.07) is 11.2. The zero-order chi connectivity index (χ0) is 26.3. The minimum atomic E-state index is -0.449. The number of rotatable bonds is 10. The van der Waals surface area contributed by atoms with Gasteiger partial charge in [-0.05, 0) is 50.2 Å². The molecular formula is C27H36FN9O. The molecular weight excluding hydrogens is 485 g/mol. The first-order valence-electron chi connectivity index (χ1n) is 13.3. The summed E-state index contributed by atoms with van der Waals surface area (Å²) < 4.78 is 19.3. The largest absolute Gasteiger partial charge is 0.494 e. The van der Waals surface area contributed by atoms with Crippen LogP contribution < -0.4 is 20.3 Å². The zero-order valence-corrected chi connectivity index (χ0v) is 22.1. The maximum absolute atomic E-state index is 14.3. The zero-order valence-electron chi connectivity index (χ0n) is 22.1. The van der Waals surface area contributed by atoms with Crippen LogP contribution in [0.15, 0.2) is 42.6 Å². The van der Waals surface area contributed by atoms with Crippen molar-refractivity contribution in [1.82, 2.24) is 29.7 Å². The number of ether oxygens (including phenoxy) is 1. The number of aromatic nitrogens is 4. The Bertz CT molecular complexity index is 1190. The van der Waals surface area contributed by atoms with Crippen LogP contribution in [0.1, 0.15) is 25.5 Å². The molecule has 1 unspecified atom stereocenters. The normalized spacial score (nSPS) is 18.5. The third-order valence-corrected chi connectivity index (χ3v) is 7.20. The SMILES string of the molecule is CCN1CCCC1CNc1nc(Nc2ccc(OC)c(F)c2)nc(N2CCN(Cc3ccccn3)CC2)n1. The third-order valence-electron chi connectivity index (χ3n) is 7.20. The summed E-state index contributed by atoms with van der Waals surface area (Å²) in [4.78, 5) is 25.6. The van der Waals surface area contributed by atoms with Crippen molar-refractivity contribution in [3.63, 3.8) is 0 Å². The van der Waals surface area contributed by atoms with Crippen molar-refractivity contribution in [2.75, 3.05) is 68.5 Å². The molecule has 0 radical (unpaired) electrons. The van der Waals surface area contributed by atoms with Crippen molar-refractivity contribution in [2.45, 2.75) is 32.4 Å². The molecule has 5 rings (SSSR count). The standard InChI is InChI=1S/C27H36FN9O/c1-3-36-12-6-8-22(36)18-30-25-32-26(31-20-9-10-24(38-2)23(28)17-20)34-27(33-25)37-15-13-35(14-16-37)19-21-7-4-5-11-29-21/h4-5,7,9-11,17,22H,3,6,8,12-16,18-19H2,1-2H3,(H2,30,31,32,33,34). The number of hydrogen-bond acceptors (Lipinski definition) is 10. The first-order valence-corrected chi connectivity index (χ1v) is 13.3. The molecule has 10 nitrogen and oxygen atoms in total. The molecule has 0 saturated carbocycles. The van der Waals surface area contributed by atoms with Crippen molar-refractivity contribution in [2.24, 2.45) is 0 Å². The van der Waals surface area contributed by atoms with Crippen molar-refractivity contribution in [3.05, 3.63) is 54.1 Å². The van der Waals surface area contributed by atoms with Crippen molar-refractivity contribution in [3.8, 4) is 5.75 Å². The number of hydrogen-bond donors (Lipinski definition) is 2. The molecule has 0 bridgehead atoms. The molecule has 4 heterocycles. The van der Waals surface area contributed by atoms with Gasteiger partial charge in [-0.3, -0.25) is 14.8 Å². The average Bonchev–Trinajstić information content (AvgIpc) is 3.41. The lowest BCUT2D eigenvalue weighted by molar-refractivity contribution is 0.246. The summed E-state index contributed by atoms with van der Waals surface area (Å²) >= 11 is 0. The van der Waals surface area contributed by atoms with E-state index in [1.165, 1.54) is 19.6 Å². The second-order valence-electron chi connectivity index (χ2n) is 9.65. The van der Waals surface area contributed by atoms with Gasteiger partial charge in [0.25, 0.3) is 0 Å². The summed E-state index contributed by atoms with van der Waals surface area (Å²) in [5.41, 5.74) is 1.61. The predicted molar refractivity (Wildman–Crippen MR) is 147 cm³/mol. The first-order chi connectivity index (χ1) is 18.6. The van der Waals surface area contributed by atoms with Gasteiger partial charge in [-0.2, -0.15) is 15.0 Å². The van der Waals surface area contributed by atoms with Crippen molar-refractivity contribution in [1.29, 1.82) is 0 Å². The van der Waals surface area contributed by atoms with Crippen molar-refractivity contribution < 1.29 is 9.13 Å². The highest BCUT2D eigenvalue weighted by Gasteiger charge is 2.24. The maximum atomic E-state index is 14.3. The number of halogens is 1. The molecule has 2 aliphatic rings. The average molecular weight is 522 g/mol. The van der Waals surface area contributed by atoms with Gasteiger partial charge in [0.2, 0.25) is 17.8 Å². The van der Waals surface area contributed by atoms with E-state index >= 15 is 0 Å². The molecule has 202 valence electrons. The molecule has 0 aliphatic carbocycles. The van der Waals surface area contributed by atoms with Crippen LogP contribution >= 0.6 is 0 Å². The van der Waals surface area contributed by atoms with Gasteiger partial charge in [0.1, 0.15) is 0 Å². The predicted octanol–water partition coefficient (Wildman–Crippen LogP) is 3.38. The molecule has 1 atom stereocenters. The number of benzene rings is 1. The fourth-order valence-corrected chi connectivity index (χ4v) is 5.09. The molecule has 3 aromatic rings. The van der Waals surface area contributed by atoms with E-state index in [2.05, 4.69) is 48.3 Å². The molecule has 0 spiro atoms. The van der Waals surface area contributed by atoms with Crippen LogP contribution in [-0.2, 0) is 6.54 Å². The fraction of sp³-hybridized carbons (Fsp3) is 0.481. The van der Waals surface area contributed by atoms with Gasteiger partial charge in [0.15, 0.2) is 11.6 Å². The van der Waals surface area contributed by atoms with Crippen molar-refractivity contribution >= 4 is 23.5 Å². The second-order valence-corrected chi connectivity index (χ2v) is 9.65. The van der Waals surface area contributed by atoms with Crippen LogP contribution in [0.5, 0.6) is 5.75 Å². The van der Waals surface area contributed by atoms with Crippen LogP contribution in [0.2, 0.25) is 0 Å². The van der Waals surface area contributed by atoms with Crippen LogP contribution in [0.4, 0.5) is 27.9 Å². The van der Waals surface area contributed by atoms with E-state index in [9.17, 15) is 4.39 Å². The van der Waals surface area contributed by atoms with Crippen LogP contribution in [0.3, 0.4) is 0 Å². The molecule has 2 fully saturated rings. The molecule has 2 aliphatic heterocycles. The summed E-state index contributed by atoms with van der Waals surface area (Å²) in [7, 11) is 1.45. The summed E-state index contributed by atoms with van der Waals surface area (Å²) in [6.45, 7) is 9.30. The Balaban J connectivity index is 1.31. The van der Waals surface area contributed by atoms with Gasteiger partial charge in [-0.25, -0.2) is 4.39 Å². The van der Waals surface area contributed by atoms with Crippen LogP contribution in [0, 0.1) is 5.82 Å². The van der Waals surface area contributed by atoms with E-state index in [0.29, 0.717) is 29.6 Å². The Kier molecular flexibility index (Phi) is 8.44. The van der Waals surface area contributed by atoms with E-state index < -0.39 is 5.82 Å². The lowest BCUT2D eigenvalue weighted by atomic mass is 10.2. The molecule has 2 saturated heterocycles. The van der Waals surface area contributed by atoms with Gasteiger partial charge in [-0.15, -0.1) is 0 Å². The lowest BCUT2D eigenvalue weighted by Gasteiger charge is -2.34. The number of anilines is 4. The van der Waals surface area contributed by atoms with E-state index in [-0.39, 0.29) is 5.75 Å². The van der Waals surface area contributed by atoms with Gasteiger partial charge < -0.3 is 20.3 Å². The minimum Gasteiger partial charge on any atom is -0.494 e. The number of nitrogens with zero attached hydrogens (tertiary/aromatic N) is 7.